The number of alkyl halides is 3. The number of rotatable bonds is 7. The van der Waals surface area contributed by atoms with Crippen molar-refractivity contribution in [1.82, 2.24) is 14.5 Å². The van der Waals surface area contributed by atoms with Crippen molar-refractivity contribution < 1.29 is 13.2 Å². The van der Waals surface area contributed by atoms with Crippen LogP contribution in [0.2, 0.25) is 0 Å². The SMILES string of the molecule is C=C(CC)c1ccc2c(c1)nc(N1CCN(/C(C)=C/C)CC1)n2Cc1ccccc1C(F)(F)F.CCCC. The molecule has 1 saturated heterocycles. The number of imidazole rings is 1. The molecule has 0 atom stereocenters. The fourth-order valence-corrected chi connectivity index (χ4v) is 4.49. The Balaban J connectivity index is 0.000000934. The van der Waals surface area contributed by atoms with E-state index in [2.05, 4.69) is 50.1 Å². The second-order valence-electron chi connectivity index (χ2n) is 9.72. The molecule has 0 N–H and O–H groups in total. The van der Waals surface area contributed by atoms with Crippen LogP contribution in [0.25, 0.3) is 16.6 Å². The predicted octanol–water partition coefficient (Wildman–Crippen LogP) is 8.38. The Labute approximate surface area is 225 Å². The van der Waals surface area contributed by atoms with E-state index in [1.165, 1.54) is 24.6 Å². The van der Waals surface area contributed by atoms with E-state index in [1.807, 2.05) is 29.7 Å². The number of piperazine rings is 1. The molecule has 0 aliphatic carbocycles. The smallest absolute Gasteiger partial charge is 0.372 e. The van der Waals surface area contributed by atoms with Crippen molar-refractivity contribution in [3.8, 4) is 0 Å². The summed E-state index contributed by atoms with van der Waals surface area (Å²) in [5.41, 5.74) is 4.49. The molecule has 0 unspecified atom stereocenters. The highest BCUT2D eigenvalue weighted by Crippen LogP contribution is 2.34. The molecule has 2 aromatic carbocycles. The lowest BCUT2D eigenvalue weighted by molar-refractivity contribution is -0.138. The highest BCUT2D eigenvalue weighted by molar-refractivity contribution is 5.83. The molecule has 206 valence electrons. The second-order valence-corrected chi connectivity index (χ2v) is 9.72. The molecule has 38 heavy (non-hydrogen) atoms. The molecule has 0 radical (unpaired) electrons. The predicted molar refractivity (Wildman–Crippen MR) is 153 cm³/mol. The van der Waals surface area contributed by atoms with Crippen molar-refractivity contribution in [2.75, 3.05) is 31.1 Å². The third-order valence-corrected chi connectivity index (χ3v) is 7.19. The molecular weight excluding hydrogens is 485 g/mol. The van der Waals surface area contributed by atoms with Gasteiger partial charge in [0.1, 0.15) is 0 Å². The molecule has 0 saturated carbocycles. The first-order valence-corrected chi connectivity index (χ1v) is 13.6. The number of halogens is 3. The molecule has 1 fully saturated rings. The van der Waals surface area contributed by atoms with Gasteiger partial charge in [-0.1, -0.05) is 70.5 Å². The van der Waals surface area contributed by atoms with Gasteiger partial charge >= 0.3 is 6.18 Å². The molecule has 4 nitrogen and oxygen atoms in total. The number of hydrogen-bond donors (Lipinski definition) is 0. The second kappa shape index (κ2) is 13.0. The van der Waals surface area contributed by atoms with Gasteiger partial charge in [0.25, 0.3) is 0 Å². The molecular formula is C31H41F3N4. The summed E-state index contributed by atoms with van der Waals surface area (Å²) in [4.78, 5) is 9.43. The average molecular weight is 527 g/mol. The van der Waals surface area contributed by atoms with Gasteiger partial charge in [0, 0.05) is 31.9 Å². The van der Waals surface area contributed by atoms with Crippen molar-refractivity contribution in [3.63, 3.8) is 0 Å². The normalized spacial score (nSPS) is 14.5. The summed E-state index contributed by atoms with van der Waals surface area (Å²) >= 11 is 0. The first-order valence-electron chi connectivity index (χ1n) is 13.6. The van der Waals surface area contributed by atoms with Gasteiger partial charge in [-0.2, -0.15) is 13.2 Å². The molecule has 1 aliphatic rings. The van der Waals surface area contributed by atoms with Crippen LogP contribution in [0.15, 0.2) is 60.8 Å². The molecule has 0 bridgehead atoms. The lowest BCUT2D eigenvalue weighted by Crippen LogP contribution is -2.46. The number of anilines is 1. The minimum atomic E-state index is -4.41. The van der Waals surface area contributed by atoms with Gasteiger partial charge < -0.3 is 14.4 Å². The highest BCUT2D eigenvalue weighted by atomic mass is 19.4. The van der Waals surface area contributed by atoms with Crippen LogP contribution in [0.4, 0.5) is 19.1 Å². The zero-order valence-electron chi connectivity index (χ0n) is 23.4. The topological polar surface area (TPSA) is 24.3 Å². The lowest BCUT2D eigenvalue weighted by Gasteiger charge is -2.37. The van der Waals surface area contributed by atoms with Crippen molar-refractivity contribution in [2.24, 2.45) is 0 Å². The number of aromatic nitrogens is 2. The van der Waals surface area contributed by atoms with E-state index >= 15 is 0 Å². The zero-order valence-corrected chi connectivity index (χ0v) is 23.4. The van der Waals surface area contributed by atoms with Gasteiger partial charge in [-0.05, 0) is 55.2 Å². The summed E-state index contributed by atoms with van der Waals surface area (Å²) in [5.74, 6) is 0.712. The van der Waals surface area contributed by atoms with Crippen LogP contribution >= 0.6 is 0 Å². The van der Waals surface area contributed by atoms with E-state index in [4.69, 9.17) is 4.98 Å². The molecule has 3 aromatic rings. The van der Waals surface area contributed by atoms with Gasteiger partial charge in [-0.25, -0.2) is 4.98 Å². The number of hydrogen-bond acceptors (Lipinski definition) is 3. The summed E-state index contributed by atoms with van der Waals surface area (Å²) in [6, 6.07) is 11.7. The third kappa shape index (κ3) is 6.80. The van der Waals surface area contributed by atoms with E-state index in [0.717, 1.165) is 60.8 Å². The summed E-state index contributed by atoms with van der Waals surface area (Å²) in [5, 5.41) is 0. The first-order chi connectivity index (χ1) is 18.1. The number of fused-ring (bicyclic) bond motifs is 1. The van der Waals surface area contributed by atoms with E-state index < -0.39 is 11.7 Å². The Bertz CT molecular complexity index is 1250. The molecule has 2 heterocycles. The maximum absolute atomic E-state index is 13.7. The van der Waals surface area contributed by atoms with E-state index in [1.54, 1.807) is 12.1 Å². The number of unbranched alkanes of at least 4 members (excludes halogenated alkanes) is 1. The minimum Gasteiger partial charge on any atom is -0.372 e. The highest BCUT2D eigenvalue weighted by Gasteiger charge is 2.33. The summed E-state index contributed by atoms with van der Waals surface area (Å²) < 4.78 is 43.1. The Kier molecular flexibility index (Phi) is 10.1. The molecule has 1 aliphatic heterocycles. The van der Waals surface area contributed by atoms with Crippen LogP contribution in [-0.4, -0.2) is 40.6 Å². The van der Waals surface area contributed by atoms with Crippen LogP contribution in [0.3, 0.4) is 0 Å². The maximum atomic E-state index is 13.7. The molecule has 0 spiro atoms. The third-order valence-electron chi connectivity index (χ3n) is 7.19. The zero-order chi connectivity index (χ0) is 27.9. The molecule has 0 amide bonds. The Morgan fingerprint density at radius 1 is 1.00 bits per heavy atom. The quantitative estimate of drug-likeness (QED) is 0.309. The summed E-state index contributed by atoms with van der Waals surface area (Å²) in [7, 11) is 0. The average Bonchev–Trinajstić information content (AvgIpc) is 3.29. The number of nitrogens with zero attached hydrogens (tertiary/aromatic N) is 4. The van der Waals surface area contributed by atoms with Crippen molar-refractivity contribution in [3.05, 3.63) is 77.5 Å². The van der Waals surface area contributed by atoms with Gasteiger partial charge in [-0.3, -0.25) is 0 Å². The van der Waals surface area contributed by atoms with E-state index in [9.17, 15) is 13.2 Å². The number of benzene rings is 2. The van der Waals surface area contributed by atoms with Crippen LogP contribution in [0.1, 0.15) is 70.6 Å². The van der Waals surface area contributed by atoms with Gasteiger partial charge in [0.05, 0.1) is 23.1 Å². The fraction of sp³-hybridized carbons (Fsp3) is 0.452. The van der Waals surface area contributed by atoms with Crippen LogP contribution < -0.4 is 4.90 Å². The minimum absolute atomic E-state index is 0.101. The van der Waals surface area contributed by atoms with Crippen molar-refractivity contribution in [2.45, 2.75) is 66.6 Å². The van der Waals surface area contributed by atoms with Gasteiger partial charge in [0.15, 0.2) is 0 Å². The van der Waals surface area contributed by atoms with Crippen LogP contribution in [0.5, 0.6) is 0 Å². The maximum Gasteiger partial charge on any atom is 0.416 e. The Hall–Kier alpha value is -3.22. The summed E-state index contributed by atoms with van der Waals surface area (Å²) in [6.45, 7) is 18.0. The molecule has 4 rings (SSSR count). The van der Waals surface area contributed by atoms with Crippen LogP contribution in [-0.2, 0) is 12.7 Å². The first kappa shape index (κ1) is 29.3. The van der Waals surface area contributed by atoms with E-state index in [-0.39, 0.29) is 12.1 Å². The Morgan fingerprint density at radius 3 is 2.24 bits per heavy atom. The molecule has 7 heteroatoms. The van der Waals surface area contributed by atoms with Crippen LogP contribution in [0, 0.1) is 0 Å². The monoisotopic (exact) mass is 526 g/mol. The number of allylic oxidation sites excluding steroid dienone is 3. The lowest BCUT2D eigenvalue weighted by atomic mass is 10.0. The fourth-order valence-electron chi connectivity index (χ4n) is 4.49. The van der Waals surface area contributed by atoms with Crippen molar-refractivity contribution >= 4 is 22.6 Å². The molecule has 1 aromatic heterocycles. The largest absolute Gasteiger partial charge is 0.416 e. The standard InChI is InChI=1S/C27H31F3N4.C4H10/c1-5-19(3)21-11-12-25-24(17-21)31-26(33-15-13-32(14-16-33)20(4)6-2)34(25)18-22-9-7-8-10-23(22)27(28,29)30;1-3-4-2/h6-12,17H,3,5,13-16,18H2,1-2,4H3;3-4H2,1-2H3/b20-6+;. The Morgan fingerprint density at radius 2 is 1.66 bits per heavy atom. The summed E-state index contributed by atoms with van der Waals surface area (Å²) in [6.07, 6.45) is 1.15. The van der Waals surface area contributed by atoms with E-state index in [0.29, 0.717) is 5.95 Å². The van der Waals surface area contributed by atoms with Gasteiger partial charge in [-0.15, -0.1) is 0 Å². The van der Waals surface area contributed by atoms with Crippen molar-refractivity contribution in [1.29, 1.82) is 0 Å². The van der Waals surface area contributed by atoms with Gasteiger partial charge in [0.2, 0.25) is 5.95 Å².